The number of nitrogens with one attached hydrogen (secondary N) is 1. The Kier molecular flexibility index (Phi) is 7.09. The van der Waals surface area contributed by atoms with E-state index in [1.807, 2.05) is 54.8 Å². The standard InChI is InChI=1S/C25H22FN3O2S/c1-2-30-24-14-18(12-13-23(24)31-16-20-10-6-7-11-21(20)26)15-27-29-25-28-22(17-32-25)19-8-4-3-5-9-19/h3-15,17H,2,16H2,1H3,(H,28,29). The average molecular weight is 448 g/mol. The summed E-state index contributed by atoms with van der Waals surface area (Å²) in [6.45, 7) is 2.50. The smallest absolute Gasteiger partial charge is 0.203 e. The number of benzene rings is 3. The van der Waals surface area contributed by atoms with Gasteiger partial charge >= 0.3 is 0 Å². The van der Waals surface area contributed by atoms with Gasteiger partial charge in [-0.2, -0.15) is 5.10 Å². The van der Waals surface area contributed by atoms with Gasteiger partial charge in [0.25, 0.3) is 0 Å². The second kappa shape index (κ2) is 10.5. The highest BCUT2D eigenvalue weighted by molar-refractivity contribution is 7.14. The molecule has 0 aliphatic carbocycles. The second-order valence-electron chi connectivity index (χ2n) is 6.79. The van der Waals surface area contributed by atoms with Crippen molar-refractivity contribution in [3.8, 4) is 22.8 Å². The minimum Gasteiger partial charge on any atom is -0.490 e. The van der Waals surface area contributed by atoms with Crippen LogP contribution in [0.25, 0.3) is 11.3 Å². The number of hydrogen-bond acceptors (Lipinski definition) is 6. The van der Waals surface area contributed by atoms with E-state index in [0.717, 1.165) is 16.8 Å². The third-order valence-corrected chi connectivity index (χ3v) is 5.30. The van der Waals surface area contributed by atoms with Crippen molar-refractivity contribution in [2.75, 3.05) is 12.0 Å². The largest absolute Gasteiger partial charge is 0.490 e. The van der Waals surface area contributed by atoms with Crippen LogP contribution in [-0.2, 0) is 6.61 Å². The lowest BCUT2D eigenvalue weighted by Crippen LogP contribution is -2.02. The highest BCUT2D eigenvalue weighted by Gasteiger charge is 2.08. The molecule has 0 amide bonds. The molecule has 0 aliphatic rings. The maximum absolute atomic E-state index is 13.8. The fraction of sp³-hybridized carbons (Fsp3) is 0.120. The molecule has 32 heavy (non-hydrogen) atoms. The minimum absolute atomic E-state index is 0.121. The van der Waals surface area contributed by atoms with Crippen molar-refractivity contribution < 1.29 is 13.9 Å². The highest BCUT2D eigenvalue weighted by Crippen LogP contribution is 2.29. The Morgan fingerprint density at radius 2 is 1.81 bits per heavy atom. The summed E-state index contributed by atoms with van der Waals surface area (Å²) in [5.41, 5.74) is 6.26. The SMILES string of the molecule is CCOc1cc(C=NNc2nc(-c3ccccc3)cs2)ccc1OCc1ccccc1F. The molecular formula is C25H22FN3O2S. The van der Waals surface area contributed by atoms with Gasteiger partial charge in [0, 0.05) is 16.5 Å². The van der Waals surface area contributed by atoms with E-state index in [9.17, 15) is 4.39 Å². The summed E-state index contributed by atoms with van der Waals surface area (Å²) < 4.78 is 25.3. The molecule has 1 aromatic heterocycles. The Bertz CT molecular complexity index is 1190. The third-order valence-electron chi connectivity index (χ3n) is 4.56. The molecule has 4 aromatic rings. The molecule has 1 heterocycles. The molecule has 0 fully saturated rings. The molecule has 0 spiro atoms. The van der Waals surface area contributed by atoms with Crippen LogP contribution in [0.5, 0.6) is 11.5 Å². The summed E-state index contributed by atoms with van der Waals surface area (Å²) in [5, 5.41) is 6.97. The number of rotatable bonds is 9. The number of ether oxygens (including phenoxy) is 2. The summed E-state index contributed by atoms with van der Waals surface area (Å²) in [6.07, 6.45) is 1.69. The van der Waals surface area contributed by atoms with E-state index in [0.29, 0.717) is 28.8 Å². The highest BCUT2D eigenvalue weighted by atomic mass is 32.1. The number of nitrogens with zero attached hydrogens (tertiary/aromatic N) is 2. The van der Waals surface area contributed by atoms with Crippen molar-refractivity contribution in [2.45, 2.75) is 13.5 Å². The topological polar surface area (TPSA) is 55.7 Å². The third kappa shape index (κ3) is 5.50. The van der Waals surface area contributed by atoms with Crippen LogP contribution in [0.1, 0.15) is 18.1 Å². The summed E-state index contributed by atoms with van der Waals surface area (Å²) >= 11 is 1.49. The van der Waals surface area contributed by atoms with Crippen LogP contribution in [0.3, 0.4) is 0 Å². The normalized spacial score (nSPS) is 10.9. The molecule has 0 atom stereocenters. The summed E-state index contributed by atoms with van der Waals surface area (Å²) in [6, 6.07) is 22.0. The van der Waals surface area contributed by atoms with Crippen LogP contribution in [0.15, 0.2) is 83.3 Å². The molecule has 0 unspecified atom stereocenters. The van der Waals surface area contributed by atoms with Gasteiger partial charge in [0.15, 0.2) is 11.5 Å². The predicted octanol–water partition coefficient (Wildman–Crippen LogP) is 6.37. The van der Waals surface area contributed by atoms with Crippen molar-refractivity contribution in [1.82, 2.24) is 4.98 Å². The zero-order valence-electron chi connectivity index (χ0n) is 17.5. The first-order valence-corrected chi connectivity index (χ1v) is 11.0. The molecule has 1 N–H and O–H groups in total. The molecule has 162 valence electrons. The minimum atomic E-state index is -0.294. The van der Waals surface area contributed by atoms with Crippen LogP contribution in [0.4, 0.5) is 9.52 Å². The zero-order valence-corrected chi connectivity index (χ0v) is 18.3. The van der Waals surface area contributed by atoms with E-state index < -0.39 is 0 Å². The molecule has 0 saturated heterocycles. The predicted molar refractivity (Wildman–Crippen MR) is 127 cm³/mol. The first kappa shape index (κ1) is 21.5. The Morgan fingerprint density at radius 3 is 2.62 bits per heavy atom. The fourth-order valence-electron chi connectivity index (χ4n) is 2.99. The van der Waals surface area contributed by atoms with Gasteiger partial charge in [-0.25, -0.2) is 9.37 Å². The Hall–Kier alpha value is -3.71. The van der Waals surface area contributed by atoms with E-state index in [1.165, 1.54) is 17.4 Å². The Balaban J connectivity index is 1.41. The van der Waals surface area contributed by atoms with E-state index in [4.69, 9.17) is 9.47 Å². The lowest BCUT2D eigenvalue weighted by Gasteiger charge is -2.13. The maximum Gasteiger partial charge on any atom is 0.203 e. The summed E-state index contributed by atoms with van der Waals surface area (Å²) in [5.74, 6) is 0.832. The molecule has 0 saturated carbocycles. The molecule has 7 heteroatoms. The maximum atomic E-state index is 13.8. The number of halogens is 1. The number of anilines is 1. The number of hydrogen-bond donors (Lipinski definition) is 1. The van der Waals surface area contributed by atoms with E-state index >= 15 is 0 Å². The average Bonchev–Trinajstić information content (AvgIpc) is 3.29. The van der Waals surface area contributed by atoms with Gasteiger partial charge in [-0.1, -0.05) is 48.5 Å². The van der Waals surface area contributed by atoms with Gasteiger partial charge in [0.2, 0.25) is 5.13 Å². The van der Waals surface area contributed by atoms with Gasteiger partial charge in [-0.05, 0) is 36.8 Å². The van der Waals surface area contributed by atoms with Crippen molar-refractivity contribution in [3.63, 3.8) is 0 Å². The monoisotopic (exact) mass is 447 g/mol. The number of thiazole rings is 1. The first-order valence-electron chi connectivity index (χ1n) is 10.2. The van der Waals surface area contributed by atoms with E-state index in [-0.39, 0.29) is 12.4 Å². The molecular weight excluding hydrogens is 425 g/mol. The first-order chi connectivity index (χ1) is 15.7. The van der Waals surface area contributed by atoms with Gasteiger partial charge in [0.1, 0.15) is 12.4 Å². The lowest BCUT2D eigenvalue weighted by molar-refractivity contribution is 0.266. The van der Waals surface area contributed by atoms with E-state index in [2.05, 4.69) is 15.5 Å². The van der Waals surface area contributed by atoms with Crippen LogP contribution >= 0.6 is 11.3 Å². The molecule has 4 rings (SSSR count). The van der Waals surface area contributed by atoms with Crippen LogP contribution in [0.2, 0.25) is 0 Å². The van der Waals surface area contributed by atoms with Crippen molar-refractivity contribution in [1.29, 1.82) is 0 Å². The van der Waals surface area contributed by atoms with Crippen molar-refractivity contribution in [2.24, 2.45) is 5.10 Å². The van der Waals surface area contributed by atoms with E-state index in [1.54, 1.807) is 30.5 Å². The number of hydrazone groups is 1. The molecule has 3 aromatic carbocycles. The zero-order chi connectivity index (χ0) is 22.2. The quantitative estimate of drug-likeness (QED) is 0.239. The summed E-state index contributed by atoms with van der Waals surface area (Å²) in [7, 11) is 0. The van der Waals surface area contributed by atoms with Gasteiger partial charge in [-0.3, -0.25) is 5.43 Å². The second-order valence-corrected chi connectivity index (χ2v) is 7.65. The summed E-state index contributed by atoms with van der Waals surface area (Å²) in [4.78, 5) is 4.55. The molecule has 0 bridgehead atoms. The Labute approximate surface area is 190 Å². The van der Waals surface area contributed by atoms with Crippen LogP contribution in [-0.4, -0.2) is 17.8 Å². The van der Waals surface area contributed by atoms with Crippen molar-refractivity contribution in [3.05, 3.63) is 95.1 Å². The van der Waals surface area contributed by atoms with Crippen molar-refractivity contribution >= 4 is 22.7 Å². The molecule has 5 nitrogen and oxygen atoms in total. The Morgan fingerprint density at radius 1 is 1.00 bits per heavy atom. The van der Waals surface area contributed by atoms with Gasteiger partial charge in [0.05, 0.1) is 18.5 Å². The molecule has 0 radical (unpaired) electrons. The van der Waals surface area contributed by atoms with Gasteiger partial charge < -0.3 is 9.47 Å². The fourth-order valence-corrected chi connectivity index (χ4v) is 3.66. The van der Waals surface area contributed by atoms with Crippen LogP contribution in [0, 0.1) is 5.82 Å². The lowest BCUT2D eigenvalue weighted by atomic mass is 10.2. The number of aromatic nitrogens is 1. The molecule has 0 aliphatic heterocycles. The van der Waals surface area contributed by atoms with Crippen LogP contribution < -0.4 is 14.9 Å². The van der Waals surface area contributed by atoms with Gasteiger partial charge in [-0.15, -0.1) is 11.3 Å².